The second kappa shape index (κ2) is 10.4. The van der Waals surface area contributed by atoms with Gasteiger partial charge in [0.1, 0.15) is 0 Å². The van der Waals surface area contributed by atoms with Gasteiger partial charge in [-0.1, -0.05) is 46.3 Å². The lowest BCUT2D eigenvalue weighted by molar-refractivity contribution is -0.166. The van der Waals surface area contributed by atoms with Gasteiger partial charge in [-0.2, -0.15) is 0 Å². The summed E-state index contributed by atoms with van der Waals surface area (Å²) in [6.07, 6.45) is 12.5. The van der Waals surface area contributed by atoms with Gasteiger partial charge in [-0.3, -0.25) is 4.79 Å². The van der Waals surface area contributed by atoms with Gasteiger partial charge < -0.3 is 25.0 Å². The number of allylic oxidation sites excluding steroid dienone is 1. The molecule has 4 saturated carbocycles. The first-order valence-corrected chi connectivity index (χ1v) is 16.4. The number of aliphatic hydroxyl groups excluding tert-OH is 3. The van der Waals surface area contributed by atoms with E-state index in [1.807, 2.05) is 12.5 Å². The van der Waals surface area contributed by atoms with E-state index in [4.69, 9.17) is 0 Å². The topological polar surface area (TPSA) is 116 Å². The van der Waals surface area contributed by atoms with Crippen LogP contribution in [0, 0.1) is 45.8 Å². The number of rotatable bonds is 7. The molecular formula is C35H52N2O5. The molecule has 0 saturated heterocycles. The number of fused-ring (bicyclic) bond motifs is 4. The van der Waals surface area contributed by atoms with Crippen molar-refractivity contribution in [2.24, 2.45) is 45.8 Å². The Morgan fingerprint density at radius 3 is 2.64 bits per heavy atom. The van der Waals surface area contributed by atoms with Gasteiger partial charge in [0.25, 0.3) is 0 Å². The van der Waals surface area contributed by atoms with E-state index in [-0.39, 0.29) is 47.2 Å². The molecule has 1 aromatic heterocycles. The highest BCUT2D eigenvalue weighted by atomic mass is 16.3. The number of ketones is 1. The summed E-state index contributed by atoms with van der Waals surface area (Å²) in [5, 5.41) is 45.7. The van der Waals surface area contributed by atoms with Crippen molar-refractivity contribution in [1.82, 2.24) is 9.55 Å². The lowest BCUT2D eigenvalue weighted by Crippen LogP contribution is -2.63. The van der Waals surface area contributed by atoms with Gasteiger partial charge in [-0.05, 0) is 104 Å². The van der Waals surface area contributed by atoms with Crippen LogP contribution in [0.4, 0.5) is 0 Å². The van der Waals surface area contributed by atoms with E-state index >= 15 is 0 Å². The normalized spacial score (nSPS) is 44.0. The molecule has 0 aromatic carbocycles. The third-order valence-corrected chi connectivity index (χ3v) is 13.6. The zero-order chi connectivity index (χ0) is 30.2. The van der Waals surface area contributed by atoms with Crippen LogP contribution in [0.15, 0.2) is 42.5 Å². The quantitative estimate of drug-likeness (QED) is 0.343. The van der Waals surface area contributed by atoms with Crippen LogP contribution < -0.4 is 0 Å². The van der Waals surface area contributed by atoms with Crippen molar-refractivity contribution in [2.75, 3.05) is 0 Å². The Morgan fingerprint density at radius 1 is 1.17 bits per heavy atom. The summed E-state index contributed by atoms with van der Waals surface area (Å²) < 4.78 is 2.08. The monoisotopic (exact) mass is 580 g/mol. The molecule has 11 atom stereocenters. The predicted octanol–water partition coefficient (Wildman–Crippen LogP) is 4.84. The highest BCUT2D eigenvalue weighted by molar-refractivity contribution is 5.95. The molecule has 4 fully saturated rings. The fourth-order valence-corrected chi connectivity index (χ4v) is 10.6. The van der Waals surface area contributed by atoms with E-state index in [1.165, 1.54) is 0 Å². The number of aryl methyl sites for hydroxylation is 1. The summed E-state index contributed by atoms with van der Waals surface area (Å²) >= 11 is 0. The molecule has 5 aliphatic rings. The van der Waals surface area contributed by atoms with Gasteiger partial charge >= 0.3 is 0 Å². The van der Waals surface area contributed by atoms with Crippen LogP contribution in [-0.2, 0) is 11.3 Å². The van der Waals surface area contributed by atoms with Crippen LogP contribution in [0.25, 0.3) is 0 Å². The third kappa shape index (κ3) is 4.43. The van der Waals surface area contributed by atoms with Crippen LogP contribution in [-0.4, -0.2) is 59.7 Å². The van der Waals surface area contributed by atoms with Gasteiger partial charge in [0.2, 0.25) is 0 Å². The minimum Gasteiger partial charge on any atom is -0.392 e. The van der Waals surface area contributed by atoms with Gasteiger partial charge in [0.05, 0.1) is 30.2 Å². The van der Waals surface area contributed by atoms with Crippen LogP contribution in [0.3, 0.4) is 0 Å². The summed E-state index contributed by atoms with van der Waals surface area (Å²) in [4.78, 5) is 17.7. The van der Waals surface area contributed by atoms with E-state index in [9.17, 15) is 25.2 Å². The molecule has 0 bridgehead atoms. The smallest absolute Gasteiger partial charge is 0.159 e. The largest absolute Gasteiger partial charge is 0.392 e. The second-order valence-corrected chi connectivity index (χ2v) is 15.8. The van der Waals surface area contributed by atoms with Gasteiger partial charge in [-0.25, -0.2) is 4.98 Å². The summed E-state index contributed by atoms with van der Waals surface area (Å²) in [6, 6.07) is 0. The number of imidazole rings is 1. The molecule has 0 radical (unpaired) electrons. The molecule has 0 spiro atoms. The van der Waals surface area contributed by atoms with Crippen molar-refractivity contribution in [2.45, 2.75) is 122 Å². The van der Waals surface area contributed by atoms with Crippen molar-refractivity contribution in [3.05, 3.63) is 42.5 Å². The lowest BCUT2D eigenvalue weighted by atomic mass is 9.43. The van der Waals surface area contributed by atoms with Crippen molar-refractivity contribution in [3.8, 4) is 0 Å². The molecular weight excluding hydrogens is 528 g/mol. The predicted molar refractivity (Wildman–Crippen MR) is 161 cm³/mol. The Bertz CT molecular complexity index is 1240. The van der Waals surface area contributed by atoms with E-state index in [0.29, 0.717) is 19.3 Å². The lowest BCUT2D eigenvalue weighted by Gasteiger charge is -2.62. The Labute approximate surface area is 251 Å². The molecule has 1 heterocycles. The van der Waals surface area contributed by atoms with Crippen LogP contribution in [0.1, 0.15) is 91.9 Å². The molecule has 7 nitrogen and oxygen atoms in total. The molecule has 6 rings (SSSR count). The fourth-order valence-electron chi connectivity index (χ4n) is 10.6. The molecule has 4 N–H and O–H groups in total. The molecule has 11 unspecified atom stereocenters. The second-order valence-electron chi connectivity index (χ2n) is 15.8. The third-order valence-electron chi connectivity index (χ3n) is 13.6. The maximum atomic E-state index is 13.6. The minimum absolute atomic E-state index is 0.00643. The van der Waals surface area contributed by atoms with Crippen LogP contribution in [0.2, 0.25) is 0 Å². The highest BCUT2D eigenvalue weighted by Gasteiger charge is 2.70. The van der Waals surface area contributed by atoms with Gasteiger partial charge in [0.15, 0.2) is 5.78 Å². The summed E-state index contributed by atoms with van der Waals surface area (Å²) in [7, 11) is 0. The average molecular weight is 581 g/mol. The minimum atomic E-state index is -1.10. The molecule has 7 heteroatoms. The molecule has 1 aromatic rings. The first-order chi connectivity index (χ1) is 19.7. The highest BCUT2D eigenvalue weighted by Crippen LogP contribution is 2.71. The average Bonchev–Trinajstić information content (AvgIpc) is 3.51. The number of nitrogens with zero attached hydrogens (tertiary/aromatic N) is 2. The number of hydrogen-bond donors (Lipinski definition) is 4. The number of aliphatic hydroxyl groups is 4. The number of carbonyl (C=O) groups is 1. The molecule has 0 aliphatic heterocycles. The molecule has 0 amide bonds. The van der Waals surface area contributed by atoms with Crippen LogP contribution in [0.5, 0.6) is 0 Å². The fraction of sp³-hybridized carbons (Fsp3) is 0.771. The SMILES string of the molecule is C=C(CC(O)C1CCCC2CC3C(=CC(=O)C4CC(O)C(O)CC43C)C3(O)CCC1C23C)C(C)(C)CCn1ccnc1. The zero-order valence-corrected chi connectivity index (χ0v) is 26.0. The van der Waals surface area contributed by atoms with Crippen molar-refractivity contribution < 1.29 is 25.2 Å². The summed E-state index contributed by atoms with van der Waals surface area (Å²) in [6.45, 7) is 14.1. The Morgan fingerprint density at radius 2 is 1.93 bits per heavy atom. The Balaban J connectivity index is 1.25. The maximum absolute atomic E-state index is 13.6. The van der Waals surface area contributed by atoms with E-state index in [0.717, 1.165) is 56.2 Å². The zero-order valence-electron chi connectivity index (χ0n) is 26.0. The number of aromatic nitrogens is 2. The van der Waals surface area contributed by atoms with Crippen molar-refractivity contribution >= 4 is 5.78 Å². The summed E-state index contributed by atoms with van der Waals surface area (Å²) in [5.74, 6) is 0.196. The molecule has 232 valence electrons. The molecule has 42 heavy (non-hydrogen) atoms. The number of carbonyl (C=O) groups excluding carboxylic acids is 1. The van der Waals surface area contributed by atoms with Crippen molar-refractivity contribution in [3.63, 3.8) is 0 Å². The van der Waals surface area contributed by atoms with Gasteiger partial charge in [0, 0.05) is 30.3 Å². The first-order valence-electron chi connectivity index (χ1n) is 16.4. The standard InChI is InChI=1S/C35H52N2O5/c1-21(32(2,3)11-13-37-14-12-36-20-37)15-28(38)23-8-6-7-22-16-25-26(35(42)10-9-24(23)34(22,35)5)17-29(39)27-18-30(40)31(41)19-33(25,27)4/h12,14,17,20,22-25,27-28,30-31,38,40-42H,1,6-11,13,15-16,18-19H2,2-5H3. The van der Waals surface area contributed by atoms with Crippen molar-refractivity contribution in [1.29, 1.82) is 0 Å². The Hall–Kier alpha value is -1.80. The van der Waals surface area contributed by atoms with E-state index in [1.54, 1.807) is 12.3 Å². The van der Waals surface area contributed by atoms with E-state index < -0.39 is 34.7 Å². The molecule has 5 aliphatic carbocycles. The summed E-state index contributed by atoms with van der Waals surface area (Å²) in [5.41, 5.74) is -0.188. The van der Waals surface area contributed by atoms with E-state index in [2.05, 4.69) is 43.8 Å². The van der Waals surface area contributed by atoms with Gasteiger partial charge in [-0.15, -0.1) is 0 Å². The van der Waals surface area contributed by atoms with Crippen LogP contribution >= 0.6 is 0 Å². The first kappa shape index (κ1) is 30.2. The Kier molecular flexibility index (Phi) is 7.48. The maximum Gasteiger partial charge on any atom is 0.159 e. The number of hydrogen-bond acceptors (Lipinski definition) is 6.